The van der Waals surface area contributed by atoms with E-state index < -0.39 is 4.92 Å². The van der Waals surface area contributed by atoms with Crippen molar-refractivity contribution in [3.8, 4) is 16.9 Å². The second kappa shape index (κ2) is 5.40. The lowest BCUT2D eigenvalue weighted by Gasteiger charge is -2.01. The normalized spacial score (nSPS) is 10.6. The Bertz CT molecular complexity index is 841. The van der Waals surface area contributed by atoms with Gasteiger partial charge in [0.1, 0.15) is 5.69 Å². The van der Waals surface area contributed by atoms with E-state index in [2.05, 4.69) is 10.2 Å². The SMILES string of the molecule is Cc1ccc(-n2nc(C)c(-c3ccccc3)n2)cc1[N+](=O)[O-]. The summed E-state index contributed by atoms with van der Waals surface area (Å²) in [4.78, 5) is 12.1. The van der Waals surface area contributed by atoms with Crippen LogP contribution in [0.25, 0.3) is 16.9 Å². The quantitative estimate of drug-likeness (QED) is 0.547. The summed E-state index contributed by atoms with van der Waals surface area (Å²) in [5.74, 6) is 0. The molecular formula is C16H14N4O2. The van der Waals surface area contributed by atoms with Crippen LogP contribution in [0.4, 0.5) is 5.69 Å². The van der Waals surface area contributed by atoms with Gasteiger partial charge in [-0.1, -0.05) is 36.4 Å². The smallest absolute Gasteiger partial charge is 0.258 e. The van der Waals surface area contributed by atoms with E-state index in [1.807, 2.05) is 37.3 Å². The molecular weight excluding hydrogens is 280 g/mol. The average Bonchev–Trinajstić information content (AvgIpc) is 2.90. The first kappa shape index (κ1) is 13.9. The molecule has 0 N–H and O–H groups in total. The maximum absolute atomic E-state index is 11.1. The summed E-state index contributed by atoms with van der Waals surface area (Å²) in [5.41, 5.74) is 3.75. The van der Waals surface area contributed by atoms with Crippen LogP contribution in [0, 0.1) is 24.0 Å². The number of aromatic nitrogens is 3. The van der Waals surface area contributed by atoms with Gasteiger partial charge in [0.2, 0.25) is 0 Å². The number of aryl methyl sites for hydroxylation is 2. The fraction of sp³-hybridized carbons (Fsp3) is 0.125. The van der Waals surface area contributed by atoms with E-state index in [0.717, 1.165) is 17.0 Å². The van der Waals surface area contributed by atoms with Crippen LogP contribution >= 0.6 is 0 Å². The highest BCUT2D eigenvalue weighted by atomic mass is 16.6. The summed E-state index contributed by atoms with van der Waals surface area (Å²) in [6, 6.07) is 14.7. The minimum Gasteiger partial charge on any atom is -0.258 e. The molecule has 110 valence electrons. The zero-order chi connectivity index (χ0) is 15.7. The number of nitro benzene ring substituents is 1. The van der Waals surface area contributed by atoms with Crippen molar-refractivity contribution >= 4 is 5.69 Å². The van der Waals surface area contributed by atoms with Gasteiger partial charge < -0.3 is 0 Å². The average molecular weight is 294 g/mol. The predicted molar refractivity (Wildman–Crippen MR) is 82.9 cm³/mol. The molecule has 0 radical (unpaired) electrons. The van der Waals surface area contributed by atoms with Gasteiger partial charge in [0, 0.05) is 17.2 Å². The third kappa shape index (κ3) is 2.46. The fourth-order valence-electron chi connectivity index (χ4n) is 2.28. The molecule has 3 rings (SSSR count). The van der Waals surface area contributed by atoms with Gasteiger partial charge >= 0.3 is 0 Å². The first-order valence-corrected chi connectivity index (χ1v) is 6.81. The number of nitrogens with zero attached hydrogens (tertiary/aromatic N) is 4. The zero-order valence-electron chi connectivity index (χ0n) is 12.2. The molecule has 0 amide bonds. The number of nitro groups is 1. The molecule has 0 aliphatic carbocycles. The van der Waals surface area contributed by atoms with Crippen LogP contribution in [-0.2, 0) is 0 Å². The van der Waals surface area contributed by atoms with E-state index in [9.17, 15) is 10.1 Å². The zero-order valence-corrected chi connectivity index (χ0v) is 12.2. The van der Waals surface area contributed by atoms with Crippen molar-refractivity contribution < 1.29 is 4.92 Å². The van der Waals surface area contributed by atoms with Crippen LogP contribution in [0.2, 0.25) is 0 Å². The Morgan fingerprint density at radius 3 is 2.45 bits per heavy atom. The van der Waals surface area contributed by atoms with Crippen molar-refractivity contribution in [1.29, 1.82) is 0 Å². The second-order valence-corrected chi connectivity index (χ2v) is 5.02. The number of hydrogen-bond donors (Lipinski definition) is 0. The van der Waals surface area contributed by atoms with E-state index in [1.165, 1.54) is 10.9 Å². The predicted octanol–water partition coefficient (Wildman–Crippen LogP) is 3.46. The Morgan fingerprint density at radius 1 is 1.05 bits per heavy atom. The lowest BCUT2D eigenvalue weighted by molar-refractivity contribution is -0.385. The van der Waals surface area contributed by atoms with Gasteiger partial charge in [0.15, 0.2) is 0 Å². The number of hydrogen-bond acceptors (Lipinski definition) is 4. The van der Waals surface area contributed by atoms with Gasteiger partial charge in [-0.25, -0.2) is 0 Å². The molecule has 2 aromatic carbocycles. The summed E-state index contributed by atoms with van der Waals surface area (Å²) in [6.07, 6.45) is 0. The molecule has 0 atom stereocenters. The number of benzene rings is 2. The molecule has 6 nitrogen and oxygen atoms in total. The summed E-state index contributed by atoms with van der Waals surface area (Å²) < 4.78 is 0. The summed E-state index contributed by atoms with van der Waals surface area (Å²) in [6.45, 7) is 3.58. The van der Waals surface area contributed by atoms with Crippen LogP contribution in [-0.4, -0.2) is 19.9 Å². The van der Waals surface area contributed by atoms with Crippen LogP contribution in [0.15, 0.2) is 48.5 Å². The van der Waals surface area contributed by atoms with Gasteiger partial charge in [0.25, 0.3) is 5.69 Å². The van der Waals surface area contributed by atoms with Crippen molar-refractivity contribution in [2.75, 3.05) is 0 Å². The molecule has 6 heteroatoms. The van der Waals surface area contributed by atoms with Crippen molar-refractivity contribution in [3.05, 3.63) is 69.9 Å². The number of rotatable bonds is 3. The first-order valence-electron chi connectivity index (χ1n) is 6.81. The molecule has 1 heterocycles. The maximum Gasteiger partial charge on any atom is 0.274 e. The lowest BCUT2D eigenvalue weighted by Crippen LogP contribution is -2.01. The standard InChI is InChI=1S/C16H14N4O2/c1-11-8-9-14(10-15(11)20(21)22)19-17-12(2)16(18-19)13-6-4-3-5-7-13/h3-10H,1-2H3. The third-order valence-corrected chi connectivity index (χ3v) is 3.45. The van der Waals surface area contributed by atoms with E-state index in [-0.39, 0.29) is 5.69 Å². The molecule has 0 spiro atoms. The Kier molecular flexibility index (Phi) is 3.42. The van der Waals surface area contributed by atoms with Gasteiger partial charge in [-0.2, -0.15) is 9.90 Å². The molecule has 0 fully saturated rings. The Labute approximate surface area is 127 Å². The van der Waals surface area contributed by atoms with Gasteiger partial charge in [-0.3, -0.25) is 10.1 Å². The van der Waals surface area contributed by atoms with Crippen molar-refractivity contribution in [2.45, 2.75) is 13.8 Å². The van der Waals surface area contributed by atoms with Crippen LogP contribution in [0.3, 0.4) is 0 Å². The summed E-state index contributed by atoms with van der Waals surface area (Å²) in [5, 5.41) is 19.9. The third-order valence-electron chi connectivity index (χ3n) is 3.45. The van der Waals surface area contributed by atoms with Crippen LogP contribution in [0.5, 0.6) is 0 Å². The lowest BCUT2D eigenvalue weighted by atomic mass is 10.1. The molecule has 3 aromatic rings. The summed E-state index contributed by atoms with van der Waals surface area (Å²) in [7, 11) is 0. The minimum atomic E-state index is -0.396. The topological polar surface area (TPSA) is 73.8 Å². The molecule has 22 heavy (non-hydrogen) atoms. The highest BCUT2D eigenvalue weighted by Crippen LogP contribution is 2.24. The fourth-order valence-corrected chi connectivity index (χ4v) is 2.28. The van der Waals surface area contributed by atoms with Crippen molar-refractivity contribution in [3.63, 3.8) is 0 Å². The molecule has 1 aromatic heterocycles. The molecule has 0 aliphatic rings. The minimum absolute atomic E-state index is 0.0636. The maximum atomic E-state index is 11.1. The van der Waals surface area contributed by atoms with E-state index >= 15 is 0 Å². The molecule has 0 saturated carbocycles. The van der Waals surface area contributed by atoms with Gasteiger partial charge in [0.05, 0.1) is 16.3 Å². The molecule has 0 aliphatic heterocycles. The van der Waals surface area contributed by atoms with Gasteiger partial charge in [-0.05, 0) is 19.9 Å². The largest absolute Gasteiger partial charge is 0.274 e. The molecule has 0 unspecified atom stereocenters. The van der Waals surface area contributed by atoms with Crippen LogP contribution < -0.4 is 0 Å². The van der Waals surface area contributed by atoms with E-state index in [0.29, 0.717) is 11.3 Å². The van der Waals surface area contributed by atoms with Crippen molar-refractivity contribution in [2.24, 2.45) is 0 Å². The first-order chi connectivity index (χ1) is 10.6. The van der Waals surface area contributed by atoms with E-state index in [1.54, 1.807) is 19.1 Å². The monoisotopic (exact) mass is 294 g/mol. The molecule has 0 saturated heterocycles. The Balaban J connectivity index is 2.07. The Morgan fingerprint density at radius 2 is 1.77 bits per heavy atom. The second-order valence-electron chi connectivity index (χ2n) is 5.02. The van der Waals surface area contributed by atoms with Crippen molar-refractivity contribution in [1.82, 2.24) is 15.0 Å². The van der Waals surface area contributed by atoms with Gasteiger partial charge in [-0.15, -0.1) is 5.10 Å². The highest BCUT2D eigenvalue weighted by Gasteiger charge is 2.15. The van der Waals surface area contributed by atoms with Crippen LogP contribution in [0.1, 0.15) is 11.3 Å². The van der Waals surface area contributed by atoms with E-state index in [4.69, 9.17) is 0 Å². The Hall–Kier alpha value is -3.02. The summed E-state index contributed by atoms with van der Waals surface area (Å²) >= 11 is 0. The highest BCUT2D eigenvalue weighted by molar-refractivity contribution is 5.61. The molecule has 0 bridgehead atoms.